The smallest absolute Gasteiger partial charge is 0.314 e. The van der Waals surface area contributed by atoms with Gasteiger partial charge in [-0.1, -0.05) is 34.5 Å². The first-order valence-electron chi connectivity index (χ1n) is 4.68. The largest absolute Gasteiger partial charge is 0.383 e. The number of aromatic nitrogens is 1. The highest BCUT2D eigenvalue weighted by Gasteiger charge is 2.17. The molecule has 2 aromatic rings. The highest BCUT2D eigenvalue weighted by molar-refractivity contribution is 7.12. The molecule has 0 unspecified atom stereocenters. The Morgan fingerprint density at radius 3 is 2.44 bits per heavy atom. The third-order valence-corrected chi connectivity index (χ3v) is 3.94. The van der Waals surface area contributed by atoms with Gasteiger partial charge in [-0.05, 0) is 18.2 Å². The van der Waals surface area contributed by atoms with E-state index in [1.165, 1.54) is 12.1 Å². The van der Waals surface area contributed by atoms with Gasteiger partial charge in [-0.15, -0.1) is 0 Å². The minimum atomic E-state index is -0.742. The number of amides is 1. The number of carbonyl (C=O) groups is 1. The van der Waals surface area contributed by atoms with Gasteiger partial charge in [0.15, 0.2) is 0 Å². The van der Waals surface area contributed by atoms with E-state index in [0.29, 0.717) is 22.0 Å². The van der Waals surface area contributed by atoms with Crippen LogP contribution in [-0.2, 0) is 0 Å². The molecule has 0 saturated carbocycles. The molecule has 0 saturated heterocycles. The van der Waals surface area contributed by atoms with Gasteiger partial charge in [0.25, 0.3) is 5.91 Å². The first kappa shape index (κ1) is 12.9. The maximum absolute atomic E-state index is 11.8. The fourth-order valence-electron chi connectivity index (χ4n) is 1.43. The zero-order chi connectivity index (χ0) is 13.4. The van der Waals surface area contributed by atoms with Gasteiger partial charge in [-0.2, -0.15) is 0 Å². The van der Waals surface area contributed by atoms with Crippen molar-refractivity contribution in [3.8, 4) is 5.69 Å². The Kier molecular flexibility index (Phi) is 3.34. The van der Waals surface area contributed by atoms with Gasteiger partial charge >= 0.3 is 4.87 Å². The van der Waals surface area contributed by atoms with E-state index in [1.54, 1.807) is 6.07 Å². The number of benzene rings is 1. The van der Waals surface area contributed by atoms with Gasteiger partial charge in [0, 0.05) is 0 Å². The quantitative estimate of drug-likeness (QED) is 0.887. The fourth-order valence-corrected chi connectivity index (χ4v) is 2.49. The second-order valence-corrected chi connectivity index (χ2v) is 5.16. The topological polar surface area (TPSA) is 91.1 Å². The van der Waals surface area contributed by atoms with E-state index in [-0.39, 0.29) is 15.7 Å². The number of nitrogens with two attached hydrogens (primary N) is 2. The molecule has 0 aliphatic rings. The van der Waals surface area contributed by atoms with E-state index >= 15 is 0 Å². The van der Waals surface area contributed by atoms with Crippen molar-refractivity contribution < 1.29 is 4.79 Å². The Morgan fingerprint density at radius 1 is 1.28 bits per heavy atom. The summed E-state index contributed by atoms with van der Waals surface area (Å²) in [5, 5.41) is 0.643. The van der Waals surface area contributed by atoms with E-state index in [9.17, 15) is 9.59 Å². The Bertz CT molecular complexity index is 693. The molecule has 18 heavy (non-hydrogen) atoms. The monoisotopic (exact) mass is 303 g/mol. The molecule has 2 rings (SSSR count). The van der Waals surface area contributed by atoms with E-state index in [0.717, 1.165) is 4.57 Å². The number of carbonyl (C=O) groups excluding carboxylic acids is 1. The number of nitrogen functional groups attached to an aromatic ring is 1. The van der Waals surface area contributed by atoms with Crippen LogP contribution in [0.1, 0.15) is 9.67 Å². The third-order valence-electron chi connectivity index (χ3n) is 2.23. The number of anilines is 1. The number of thiazole rings is 1. The van der Waals surface area contributed by atoms with Crippen LogP contribution in [0.25, 0.3) is 5.69 Å². The molecule has 0 aliphatic heterocycles. The molecule has 0 fully saturated rings. The maximum Gasteiger partial charge on any atom is 0.314 e. The van der Waals surface area contributed by atoms with E-state index in [1.807, 2.05) is 0 Å². The molecule has 0 atom stereocenters. The van der Waals surface area contributed by atoms with Crippen LogP contribution in [0.5, 0.6) is 0 Å². The van der Waals surface area contributed by atoms with Crippen molar-refractivity contribution in [2.24, 2.45) is 5.73 Å². The first-order valence-corrected chi connectivity index (χ1v) is 6.25. The van der Waals surface area contributed by atoms with Crippen LogP contribution in [0.15, 0.2) is 23.0 Å². The molecule has 0 spiro atoms. The van der Waals surface area contributed by atoms with Crippen LogP contribution in [0.2, 0.25) is 10.0 Å². The van der Waals surface area contributed by atoms with Crippen molar-refractivity contribution in [3.63, 3.8) is 0 Å². The molecule has 1 amide bonds. The lowest BCUT2D eigenvalue weighted by Crippen LogP contribution is -2.15. The van der Waals surface area contributed by atoms with Gasteiger partial charge in [0.2, 0.25) is 0 Å². The van der Waals surface area contributed by atoms with Crippen LogP contribution in [0.3, 0.4) is 0 Å². The molecule has 0 radical (unpaired) electrons. The molecule has 5 nitrogen and oxygen atoms in total. The summed E-state index contributed by atoms with van der Waals surface area (Å²) in [5.74, 6) is -0.746. The van der Waals surface area contributed by atoms with Crippen LogP contribution >= 0.6 is 34.5 Å². The minimum absolute atomic E-state index is 0.00381. The van der Waals surface area contributed by atoms with Gasteiger partial charge in [-0.25, -0.2) is 0 Å². The lowest BCUT2D eigenvalue weighted by Gasteiger charge is -2.05. The number of hydrogen-bond acceptors (Lipinski definition) is 4. The summed E-state index contributed by atoms with van der Waals surface area (Å²) in [7, 11) is 0. The van der Waals surface area contributed by atoms with Crippen molar-refractivity contribution in [3.05, 3.63) is 42.8 Å². The number of rotatable bonds is 2. The third kappa shape index (κ3) is 2.10. The summed E-state index contributed by atoms with van der Waals surface area (Å²) >= 11 is 12.3. The summed E-state index contributed by atoms with van der Waals surface area (Å²) in [6.07, 6.45) is 0. The molecule has 1 heterocycles. The number of primary amides is 1. The Morgan fingerprint density at radius 2 is 1.94 bits per heavy atom. The Labute approximate surface area is 116 Å². The van der Waals surface area contributed by atoms with Gasteiger partial charge in [-0.3, -0.25) is 14.2 Å². The number of nitrogens with zero attached hydrogens (tertiary/aromatic N) is 1. The molecule has 1 aromatic carbocycles. The van der Waals surface area contributed by atoms with Crippen molar-refractivity contribution in [2.45, 2.75) is 0 Å². The Hall–Kier alpha value is -1.50. The second-order valence-electron chi connectivity index (χ2n) is 3.38. The van der Waals surface area contributed by atoms with E-state index < -0.39 is 10.8 Å². The number of halogens is 2. The predicted molar refractivity (Wildman–Crippen MR) is 72.9 cm³/mol. The average molecular weight is 304 g/mol. The van der Waals surface area contributed by atoms with Crippen LogP contribution in [0.4, 0.5) is 5.82 Å². The lowest BCUT2D eigenvalue weighted by atomic mass is 10.3. The summed E-state index contributed by atoms with van der Waals surface area (Å²) in [5.41, 5.74) is 11.3. The lowest BCUT2D eigenvalue weighted by molar-refractivity contribution is 0.100. The predicted octanol–water partition coefficient (Wildman–Crippen LogP) is 1.89. The molecule has 94 valence electrons. The summed E-state index contributed by atoms with van der Waals surface area (Å²) in [4.78, 5) is 22.5. The van der Waals surface area contributed by atoms with Crippen LogP contribution in [-0.4, -0.2) is 10.5 Å². The molecule has 4 N–H and O–H groups in total. The molecule has 0 bridgehead atoms. The van der Waals surface area contributed by atoms with Crippen LogP contribution in [0, 0.1) is 0 Å². The van der Waals surface area contributed by atoms with Crippen molar-refractivity contribution in [2.75, 3.05) is 5.73 Å². The molecular weight excluding hydrogens is 297 g/mol. The highest BCUT2D eigenvalue weighted by Crippen LogP contribution is 2.26. The van der Waals surface area contributed by atoms with Crippen molar-refractivity contribution >= 4 is 46.3 Å². The van der Waals surface area contributed by atoms with E-state index in [2.05, 4.69) is 0 Å². The highest BCUT2D eigenvalue weighted by atomic mass is 35.5. The Balaban J connectivity index is 2.68. The van der Waals surface area contributed by atoms with Gasteiger partial charge in [0.05, 0.1) is 15.7 Å². The molecule has 0 aliphatic carbocycles. The zero-order valence-corrected chi connectivity index (χ0v) is 11.1. The van der Waals surface area contributed by atoms with Gasteiger partial charge in [0.1, 0.15) is 10.7 Å². The summed E-state index contributed by atoms with van der Waals surface area (Å²) in [6.45, 7) is 0. The first-order chi connectivity index (χ1) is 8.41. The standard InChI is InChI=1S/C10H7Cl2N3O2S/c11-5-2-1-4(3-6(5)12)15-8(13)7(9(14)16)18-10(15)17/h1-3H,13H2,(H2,14,16). The van der Waals surface area contributed by atoms with Crippen molar-refractivity contribution in [1.82, 2.24) is 4.57 Å². The SMILES string of the molecule is NC(=O)c1sc(=O)n(-c2ccc(Cl)c(Cl)c2)c1N. The minimum Gasteiger partial charge on any atom is -0.383 e. The summed E-state index contributed by atoms with van der Waals surface area (Å²) < 4.78 is 1.16. The normalized spacial score (nSPS) is 10.6. The van der Waals surface area contributed by atoms with E-state index in [4.69, 9.17) is 34.7 Å². The maximum atomic E-state index is 11.8. The molecular formula is C10H7Cl2N3O2S. The fraction of sp³-hybridized carbons (Fsp3) is 0. The average Bonchev–Trinajstić information content (AvgIpc) is 2.59. The second kappa shape index (κ2) is 4.64. The van der Waals surface area contributed by atoms with Crippen molar-refractivity contribution in [1.29, 1.82) is 0 Å². The van der Waals surface area contributed by atoms with Gasteiger partial charge < -0.3 is 11.5 Å². The number of hydrogen-bond donors (Lipinski definition) is 2. The molecule has 1 aromatic heterocycles. The zero-order valence-electron chi connectivity index (χ0n) is 8.81. The molecule has 8 heteroatoms. The van der Waals surface area contributed by atoms with Crippen LogP contribution < -0.4 is 16.3 Å². The summed E-state index contributed by atoms with van der Waals surface area (Å²) in [6, 6.07) is 4.59.